The molecule has 0 aliphatic carbocycles. The lowest BCUT2D eigenvalue weighted by Gasteiger charge is -2.05. The van der Waals surface area contributed by atoms with Crippen molar-refractivity contribution in [2.75, 3.05) is 0 Å². The highest BCUT2D eigenvalue weighted by Gasteiger charge is 2.08. The second-order valence-corrected chi connectivity index (χ2v) is 20.0. The molecule has 0 heterocycles. The van der Waals surface area contributed by atoms with E-state index >= 15 is 0 Å². The van der Waals surface area contributed by atoms with E-state index in [9.17, 15) is 0 Å². The Hall–Kier alpha value is -3.31. The maximum Gasteiger partial charge on any atom is 0.129 e. The van der Waals surface area contributed by atoms with Crippen LogP contribution in [0.1, 0.15) is 33.4 Å². The standard InChI is InChI=1S/C32H34Si2/c1-33(2,3)24-22-31-16-9-7-14-29(31)20-18-27-12-11-13-28(26-27)19-21-30-15-8-10-17-32(30)23-25-34(4,5)6/h7-21,26H,1-6H3/b20-18+,21-19+. The molecule has 0 N–H and O–H groups in total. The van der Waals surface area contributed by atoms with Crippen molar-refractivity contribution in [1.82, 2.24) is 0 Å². The predicted molar refractivity (Wildman–Crippen MR) is 158 cm³/mol. The third-order valence-electron chi connectivity index (χ3n) is 4.89. The van der Waals surface area contributed by atoms with Gasteiger partial charge in [-0.1, -0.05) is 130 Å². The zero-order valence-electron chi connectivity index (χ0n) is 21.2. The molecule has 0 saturated carbocycles. The summed E-state index contributed by atoms with van der Waals surface area (Å²) in [5, 5.41) is 0. The molecule has 34 heavy (non-hydrogen) atoms. The Morgan fingerprint density at radius 1 is 0.500 bits per heavy atom. The highest BCUT2D eigenvalue weighted by Crippen LogP contribution is 2.17. The van der Waals surface area contributed by atoms with Gasteiger partial charge in [0.05, 0.1) is 0 Å². The van der Waals surface area contributed by atoms with Crippen molar-refractivity contribution >= 4 is 40.5 Å². The Balaban J connectivity index is 1.83. The van der Waals surface area contributed by atoms with Crippen molar-refractivity contribution in [3.63, 3.8) is 0 Å². The van der Waals surface area contributed by atoms with Crippen LogP contribution in [0, 0.1) is 22.9 Å². The summed E-state index contributed by atoms with van der Waals surface area (Å²) in [7, 11) is -2.83. The van der Waals surface area contributed by atoms with Gasteiger partial charge in [-0.15, -0.1) is 11.1 Å². The van der Waals surface area contributed by atoms with E-state index in [1.165, 1.54) is 11.1 Å². The van der Waals surface area contributed by atoms with Crippen LogP contribution in [-0.2, 0) is 0 Å². The summed E-state index contributed by atoms with van der Waals surface area (Å²) in [4.78, 5) is 0. The molecule has 0 bridgehead atoms. The second-order valence-electron chi connectivity index (χ2n) is 10.5. The fourth-order valence-electron chi connectivity index (χ4n) is 3.16. The van der Waals surface area contributed by atoms with Gasteiger partial charge in [-0.25, -0.2) is 0 Å². The summed E-state index contributed by atoms with van der Waals surface area (Å²) in [6.45, 7) is 13.6. The van der Waals surface area contributed by atoms with Gasteiger partial charge in [0.25, 0.3) is 0 Å². The summed E-state index contributed by atoms with van der Waals surface area (Å²) >= 11 is 0. The van der Waals surface area contributed by atoms with Crippen LogP contribution in [0.4, 0.5) is 0 Å². The van der Waals surface area contributed by atoms with Gasteiger partial charge in [0, 0.05) is 11.1 Å². The molecule has 0 spiro atoms. The van der Waals surface area contributed by atoms with E-state index in [4.69, 9.17) is 0 Å². The molecule has 0 aliphatic heterocycles. The summed E-state index contributed by atoms with van der Waals surface area (Å²) in [5.74, 6) is 6.81. The van der Waals surface area contributed by atoms with Crippen molar-refractivity contribution in [1.29, 1.82) is 0 Å². The van der Waals surface area contributed by atoms with E-state index in [2.05, 4.69) is 159 Å². The molecule has 0 saturated heterocycles. The van der Waals surface area contributed by atoms with Gasteiger partial charge >= 0.3 is 0 Å². The normalized spacial score (nSPS) is 11.7. The number of hydrogen-bond donors (Lipinski definition) is 0. The van der Waals surface area contributed by atoms with Crippen LogP contribution < -0.4 is 0 Å². The van der Waals surface area contributed by atoms with Crippen LogP contribution in [0.15, 0.2) is 72.8 Å². The van der Waals surface area contributed by atoms with Crippen LogP contribution in [0.25, 0.3) is 24.3 Å². The van der Waals surface area contributed by atoms with Crippen LogP contribution >= 0.6 is 0 Å². The first kappa shape index (κ1) is 25.3. The van der Waals surface area contributed by atoms with E-state index in [1.54, 1.807) is 0 Å². The van der Waals surface area contributed by atoms with Gasteiger partial charge in [0.2, 0.25) is 0 Å². The van der Waals surface area contributed by atoms with Gasteiger partial charge in [-0.05, 0) is 40.5 Å². The smallest absolute Gasteiger partial charge is 0.127 e. The molecule has 0 aliphatic rings. The molecule has 2 heteroatoms. The molecule has 3 aromatic rings. The predicted octanol–water partition coefficient (Wildman–Crippen LogP) is 8.49. The lowest BCUT2D eigenvalue weighted by Crippen LogP contribution is -2.16. The molecule has 3 rings (SSSR count). The molecule has 0 atom stereocenters. The van der Waals surface area contributed by atoms with Crippen molar-refractivity contribution in [2.45, 2.75) is 39.3 Å². The Labute approximate surface area is 208 Å². The number of benzene rings is 3. The molecule has 0 amide bonds. The molecule has 0 radical (unpaired) electrons. The monoisotopic (exact) mass is 474 g/mol. The van der Waals surface area contributed by atoms with Crippen LogP contribution in [0.5, 0.6) is 0 Å². The quantitative estimate of drug-likeness (QED) is 0.202. The van der Waals surface area contributed by atoms with E-state index < -0.39 is 16.1 Å². The molecule has 0 nitrogen and oxygen atoms in total. The zero-order chi connectivity index (χ0) is 24.6. The summed E-state index contributed by atoms with van der Waals surface area (Å²) < 4.78 is 0. The fourth-order valence-corrected chi connectivity index (χ4v) is 4.18. The Morgan fingerprint density at radius 3 is 1.32 bits per heavy atom. The maximum absolute atomic E-state index is 3.48. The first-order chi connectivity index (χ1) is 16.1. The van der Waals surface area contributed by atoms with Gasteiger partial charge in [0.15, 0.2) is 0 Å². The molecular formula is C32H34Si2. The van der Waals surface area contributed by atoms with Crippen molar-refractivity contribution in [2.24, 2.45) is 0 Å². The summed E-state index contributed by atoms with van der Waals surface area (Å²) in [6, 6.07) is 25.3. The van der Waals surface area contributed by atoms with Crippen LogP contribution in [-0.4, -0.2) is 16.1 Å². The number of hydrogen-bond acceptors (Lipinski definition) is 0. The molecule has 170 valence electrons. The topological polar surface area (TPSA) is 0 Å². The molecule has 3 aromatic carbocycles. The average molecular weight is 475 g/mol. The Morgan fingerprint density at radius 2 is 0.912 bits per heavy atom. The first-order valence-corrected chi connectivity index (χ1v) is 18.8. The third-order valence-corrected chi connectivity index (χ3v) is 6.64. The third kappa shape index (κ3) is 8.56. The highest BCUT2D eigenvalue weighted by molar-refractivity contribution is 6.84. The SMILES string of the molecule is C[Si](C)(C)C#Cc1ccccc1/C=C/c1cccc(/C=C/c2ccccc2C#C[Si](C)(C)C)c1. The average Bonchev–Trinajstić information content (AvgIpc) is 2.79. The second kappa shape index (κ2) is 11.2. The minimum Gasteiger partial charge on any atom is -0.127 e. The van der Waals surface area contributed by atoms with Gasteiger partial charge in [-0.3, -0.25) is 0 Å². The molecule has 0 fully saturated rings. The number of rotatable bonds is 4. The van der Waals surface area contributed by atoms with Gasteiger partial charge in [-0.2, -0.15) is 0 Å². The van der Waals surface area contributed by atoms with E-state index in [0.29, 0.717) is 0 Å². The summed E-state index contributed by atoms with van der Waals surface area (Å²) in [5.41, 5.74) is 13.8. The molecule has 0 unspecified atom stereocenters. The first-order valence-electron chi connectivity index (χ1n) is 11.8. The maximum atomic E-state index is 3.48. The van der Waals surface area contributed by atoms with E-state index in [1.807, 2.05) is 0 Å². The van der Waals surface area contributed by atoms with E-state index in [0.717, 1.165) is 22.3 Å². The minimum absolute atomic E-state index is 1.09. The fraction of sp³-hybridized carbons (Fsp3) is 0.188. The van der Waals surface area contributed by atoms with E-state index in [-0.39, 0.29) is 0 Å². The van der Waals surface area contributed by atoms with Gasteiger partial charge < -0.3 is 0 Å². The van der Waals surface area contributed by atoms with Crippen LogP contribution in [0.3, 0.4) is 0 Å². The lowest BCUT2D eigenvalue weighted by atomic mass is 10.0. The molecule has 0 aromatic heterocycles. The van der Waals surface area contributed by atoms with Gasteiger partial charge in [0.1, 0.15) is 16.1 Å². The summed E-state index contributed by atoms with van der Waals surface area (Å²) in [6.07, 6.45) is 8.66. The van der Waals surface area contributed by atoms with Crippen molar-refractivity contribution in [3.8, 4) is 22.9 Å². The Bertz CT molecular complexity index is 1220. The lowest BCUT2D eigenvalue weighted by molar-refractivity contribution is 1.59. The van der Waals surface area contributed by atoms with Crippen molar-refractivity contribution in [3.05, 3.63) is 106 Å². The minimum atomic E-state index is -1.41. The van der Waals surface area contributed by atoms with Crippen LogP contribution in [0.2, 0.25) is 39.3 Å². The largest absolute Gasteiger partial charge is 0.129 e. The zero-order valence-corrected chi connectivity index (χ0v) is 23.2. The molecular weight excluding hydrogens is 441 g/mol. The van der Waals surface area contributed by atoms with Crippen molar-refractivity contribution < 1.29 is 0 Å². The Kier molecular flexibility index (Phi) is 8.35. The highest BCUT2D eigenvalue weighted by atomic mass is 28.3.